The molecular weight excluding hydrogens is 318 g/mol. The molecule has 2 aromatic heterocycles. The highest BCUT2D eigenvalue weighted by Gasteiger charge is 2.29. The number of carbonyl (C=O) groups is 1. The van der Waals surface area contributed by atoms with E-state index in [9.17, 15) is 4.79 Å². The zero-order chi connectivity index (χ0) is 17.2. The van der Waals surface area contributed by atoms with Gasteiger partial charge in [0.2, 0.25) is 5.91 Å². The first-order valence-electron chi connectivity index (χ1n) is 9.15. The Balaban J connectivity index is 1.47. The van der Waals surface area contributed by atoms with Gasteiger partial charge in [-0.15, -0.1) is 0 Å². The van der Waals surface area contributed by atoms with Gasteiger partial charge in [0.25, 0.3) is 0 Å². The van der Waals surface area contributed by atoms with Crippen molar-refractivity contribution in [1.82, 2.24) is 19.9 Å². The van der Waals surface area contributed by atoms with Crippen LogP contribution in [0.15, 0.2) is 18.5 Å². The maximum atomic E-state index is 12.7. The predicted molar refractivity (Wildman–Crippen MR) is 94.6 cm³/mol. The number of fused-ring (bicyclic) bond motifs is 1. The largest absolute Gasteiger partial charge is 0.381 e. The van der Waals surface area contributed by atoms with Crippen LogP contribution in [0.2, 0.25) is 0 Å². The van der Waals surface area contributed by atoms with Gasteiger partial charge in [0.05, 0.1) is 11.6 Å². The number of hydrogen-bond acceptors (Lipinski definition) is 5. The van der Waals surface area contributed by atoms with E-state index in [4.69, 9.17) is 4.74 Å². The van der Waals surface area contributed by atoms with E-state index in [2.05, 4.69) is 20.3 Å². The van der Waals surface area contributed by atoms with Crippen LogP contribution in [-0.4, -0.2) is 52.9 Å². The summed E-state index contributed by atoms with van der Waals surface area (Å²) in [5.74, 6) is 1.11. The van der Waals surface area contributed by atoms with E-state index in [1.807, 2.05) is 23.7 Å². The van der Waals surface area contributed by atoms with Crippen LogP contribution in [0.5, 0.6) is 0 Å². The molecular formula is C18H25N5O2. The predicted octanol–water partition coefficient (Wildman–Crippen LogP) is 1.55. The second-order valence-electron chi connectivity index (χ2n) is 7.05. The van der Waals surface area contributed by atoms with Gasteiger partial charge in [0.15, 0.2) is 5.82 Å². The number of ether oxygens (including phenoxy) is 1. The van der Waals surface area contributed by atoms with Gasteiger partial charge in [0.1, 0.15) is 5.52 Å². The summed E-state index contributed by atoms with van der Waals surface area (Å²) in [7, 11) is 0. The number of anilines is 1. The quantitative estimate of drug-likeness (QED) is 0.915. The molecule has 7 nitrogen and oxygen atoms in total. The normalized spacial score (nSPS) is 22.3. The molecule has 0 radical (unpaired) electrons. The van der Waals surface area contributed by atoms with Crippen LogP contribution in [0.3, 0.4) is 0 Å². The smallest absolute Gasteiger partial charge is 0.225 e. The fraction of sp³-hybridized carbons (Fsp3) is 0.611. The number of amides is 1. The molecule has 1 amide bonds. The second-order valence-corrected chi connectivity index (χ2v) is 7.05. The van der Waals surface area contributed by atoms with Crippen LogP contribution >= 0.6 is 0 Å². The Kier molecular flexibility index (Phi) is 4.57. The molecule has 2 saturated heterocycles. The van der Waals surface area contributed by atoms with Crippen molar-refractivity contribution in [2.75, 3.05) is 31.2 Å². The summed E-state index contributed by atoms with van der Waals surface area (Å²) in [4.78, 5) is 19.5. The van der Waals surface area contributed by atoms with Gasteiger partial charge in [-0.2, -0.15) is 5.10 Å². The summed E-state index contributed by atoms with van der Waals surface area (Å²) in [5, 5.41) is 7.68. The third kappa shape index (κ3) is 3.46. The van der Waals surface area contributed by atoms with Crippen molar-refractivity contribution in [1.29, 1.82) is 0 Å². The first kappa shape index (κ1) is 16.3. The van der Waals surface area contributed by atoms with Crippen LogP contribution in [-0.2, 0) is 9.53 Å². The lowest BCUT2D eigenvalue weighted by Crippen LogP contribution is -2.47. The van der Waals surface area contributed by atoms with E-state index in [1.54, 1.807) is 6.20 Å². The number of aromatic nitrogens is 3. The van der Waals surface area contributed by atoms with Crippen molar-refractivity contribution in [2.24, 2.45) is 5.92 Å². The van der Waals surface area contributed by atoms with Crippen molar-refractivity contribution in [2.45, 2.75) is 38.6 Å². The minimum atomic E-state index is 0.0164. The van der Waals surface area contributed by atoms with Crippen molar-refractivity contribution in [3.63, 3.8) is 0 Å². The van der Waals surface area contributed by atoms with Crippen LogP contribution in [0.4, 0.5) is 5.82 Å². The molecule has 4 heterocycles. The fourth-order valence-electron chi connectivity index (χ4n) is 3.82. The Hall–Kier alpha value is -2.15. The molecule has 4 rings (SSSR count). The number of aryl methyl sites for hydroxylation is 1. The first-order valence-corrected chi connectivity index (χ1v) is 9.15. The Morgan fingerprint density at radius 1 is 1.32 bits per heavy atom. The Labute approximate surface area is 147 Å². The zero-order valence-corrected chi connectivity index (χ0v) is 14.6. The second kappa shape index (κ2) is 7.00. The van der Waals surface area contributed by atoms with Gasteiger partial charge < -0.3 is 15.0 Å². The third-order valence-corrected chi connectivity index (χ3v) is 5.15. The molecule has 2 fully saturated rings. The molecule has 134 valence electrons. The van der Waals surface area contributed by atoms with Gasteiger partial charge in [0, 0.05) is 44.7 Å². The molecule has 2 aliphatic heterocycles. The van der Waals surface area contributed by atoms with E-state index in [-0.39, 0.29) is 17.9 Å². The summed E-state index contributed by atoms with van der Waals surface area (Å²) in [6.07, 6.45) is 7.41. The van der Waals surface area contributed by atoms with E-state index in [0.29, 0.717) is 6.54 Å². The average molecular weight is 343 g/mol. The van der Waals surface area contributed by atoms with Gasteiger partial charge in [-0.05, 0) is 38.7 Å². The average Bonchev–Trinajstić information content (AvgIpc) is 3.03. The third-order valence-electron chi connectivity index (χ3n) is 5.15. The minimum absolute atomic E-state index is 0.0164. The van der Waals surface area contributed by atoms with E-state index in [1.165, 1.54) is 0 Å². The van der Waals surface area contributed by atoms with E-state index in [0.717, 1.165) is 62.5 Å². The summed E-state index contributed by atoms with van der Waals surface area (Å²) >= 11 is 0. The molecule has 0 aliphatic carbocycles. The van der Waals surface area contributed by atoms with E-state index < -0.39 is 0 Å². The summed E-state index contributed by atoms with van der Waals surface area (Å²) in [6, 6.07) is 2.31. The lowest BCUT2D eigenvalue weighted by Gasteiger charge is -2.34. The van der Waals surface area contributed by atoms with Crippen molar-refractivity contribution >= 4 is 17.2 Å². The van der Waals surface area contributed by atoms with Gasteiger partial charge >= 0.3 is 0 Å². The van der Waals surface area contributed by atoms with Crippen molar-refractivity contribution in [3.05, 3.63) is 24.2 Å². The van der Waals surface area contributed by atoms with Crippen molar-refractivity contribution in [3.8, 4) is 0 Å². The van der Waals surface area contributed by atoms with Crippen molar-refractivity contribution < 1.29 is 9.53 Å². The lowest BCUT2D eigenvalue weighted by atomic mass is 9.96. The number of nitrogens with zero attached hydrogens (tertiary/aromatic N) is 4. The maximum Gasteiger partial charge on any atom is 0.225 e. The molecule has 0 spiro atoms. The molecule has 7 heteroatoms. The van der Waals surface area contributed by atoms with Crippen LogP contribution in [0.25, 0.3) is 5.52 Å². The number of carbonyl (C=O) groups excluding carboxylic acids is 1. The fourth-order valence-corrected chi connectivity index (χ4v) is 3.82. The molecule has 1 N–H and O–H groups in total. The monoisotopic (exact) mass is 343 g/mol. The van der Waals surface area contributed by atoms with Gasteiger partial charge in [-0.1, -0.05) is 0 Å². The zero-order valence-electron chi connectivity index (χ0n) is 14.6. The Morgan fingerprint density at radius 3 is 3.00 bits per heavy atom. The lowest BCUT2D eigenvalue weighted by molar-refractivity contribution is -0.126. The molecule has 1 unspecified atom stereocenters. The topological polar surface area (TPSA) is 71.8 Å². The number of rotatable bonds is 3. The maximum absolute atomic E-state index is 12.7. The van der Waals surface area contributed by atoms with Crippen LogP contribution in [0.1, 0.15) is 31.4 Å². The molecule has 2 aromatic rings. The highest BCUT2D eigenvalue weighted by molar-refractivity contribution is 5.80. The number of nitrogens with one attached hydrogen (secondary N) is 1. The van der Waals surface area contributed by atoms with Crippen LogP contribution < -0.4 is 10.2 Å². The van der Waals surface area contributed by atoms with E-state index >= 15 is 0 Å². The van der Waals surface area contributed by atoms with Gasteiger partial charge in [-0.25, -0.2) is 9.50 Å². The molecule has 0 saturated carbocycles. The standard InChI is InChI=1S/C18H25N5O2/c1-13-11-16-17(19-6-8-23(16)21-13)22-7-2-3-14(12-22)18(24)20-15-4-9-25-10-5-15/h6,8,11,14-15H,2-5,7,9-10,12H2,1H3,(H,20,24). The van der Waals surface area contributed by atoms with Crippen LogP contribution in [0, 0.1) is 12.8 Å². The SMILES string of the molecule is Cc1cc2c(N3CCCC(C(=O)NC4CCOCC4)C3)nccn2n1. The summed E-state index contributed by atoms with van der Waals surface area (Å²) in [5.41, 5.74) is 1.98. The molecule has 0 aromatic carbocycles. The van der Waals surface area contributed by atoms with Gasteiger partial charge in [-0.3, -0.25) is 4.79 Å². The Morgan fingerprint density at radius 2 is 2.16 bits per heavy atom. The number of hydrogen-bond donors (Lipinski definition) is 1. The molecule has 1 atom stereocenters. The summed E-state index contributed by atoms with van der Waals surface area (Å²) < 4.78 is 7.23. The number of piperidine rings is 1. The molecule has 0 bridgehead atoms. The molecule has 2 aliphatic rings. The first-order chi connectivity index (χ1) is 12.2. The highest BCUT2D eigenvalue weighted by atomic mass is 16.5. The Bertz CT molecular complexity index is 753. The highest BCUT2D eigenvalue weighted by Crippen LogP contribution is 2.26. The summed E-state index contributed by atoms with van der Waals surface area (Å²) in [6.45, 7) is 5.11. The minimum Gasteiger partial charge on any atom is -0.381 e. The molecule has 25 heavy (non-hydrogen) atoms.